The summed E-state index contributed by atoms with van der Waals surface area (Å²) in [6.07, 6.45) is -3.37. The number of benzene rings is 2. The maximum atomic E-state index is 12.7. The summed E-state index contributed by atoms with van der Waals surface area (Å²) >= 11 is 1.41. The zero-order valence-electron chi connectivity index (χ0n) is 17.8. The number of carboxylic acid groups (broad SMARTS) is 1. The van der Waals surface area contributed by atoms with Crippen molar-refractivity contribution in [2.45, 2.75) is 31.0 Å². The van der Waals surface area contributed by atoms with Gasteiger partial charge in [0.1, 0.15) is 0 Å². The van der Waals surface area contributed by atoms with E-state index in [1.807, 2.05) is 66.0 Å². The number of amides is 2. The second-order valence-electron chi connectivity index (χ2n) is 7.56. The molecule has 0 saturated heterocycles. The van der Waals surface area contributed by atoms with E-state index in [2.05, 4.69) is 10.6 Å². The molecule has 1 aliphatic rings. The average Bonchev–Trinajstić information content (AvgIpc) is 3.43. The molecule has 1 fully saturated rings. The minimum atomic E-state index is -5.08. The van der Waals surface area contributed by atoms with Crippen LogP contribution >= 0.6 is 11.3 Å². The summed E-state index contributed by atoms with van der Waals surface area (Å²) in [7, 11) is 0. The first kappa shape index (κ1) is 25.0. The van der Waals surface area contributed by atoms with E-state index in [0.29, 0.717) is 11.4 Å². The van der Waals surface area contributed by atoms with Crippen LogP contribution in [0.1, 0.15) is 33.6 Å². The molecule has 0 aliphatic heterocycles. The fraction of sp³-hybridized carbons (Fsp3) is 0.208. The second kappa shape index (κ2) is 10.5. The molecular formula is C24H21F3N2O4S. The Bertz CT molecular complexity index is 1130. The van der Waals surface area contributed by atoms with Gasteiger partial charge in [0.15, 0.2) is 0 Å². The van der Waals surface area contributed by atoms with E-state index in [1.54, 1.807) is 6.07 Å². The van der Waals surface area contributed by atoms with Crippen LogP contribution in [0.3, 0.4) is 0 Å². The van der Waals surface area contributed by atoms with Gasteiger partial charge in [0.2, 0.25) is 5.91 Å². The number of carbonyl (C=O) groups is 3. The van der Waals surface area contributed by atoms with Crippen LogP contribution in [-0.2, 0) is 21.5 Å². The van der Waals surface area contributed by atoms with E-state index in [9.17, 15) is 22.8 Å². The Labute approximate surface area is 197 Å². The maximum absolute atomic E-state index is 12.7. The molecule has 2 amide bonds. The Kier molecular flexibility index (Phi) is 7.72. The van der Waals surface area contributed by atoms with Gasteiger partial charge in [-0.05, 0) is 47.5 Å². The van der Waals surface area contributed by atoms with Crippen LogP contribution in [-0.4, -0.2) is 29.1 Å². The van der Waals surface area contributed by atoms with Gasteiger partial charge in [-0.25, -0.2) is 4.79 Å². The number of anilines is 1. The molecule has 178 valence electrons. The third kappa shape index (κ3) is 6.44. The Morgan fingerprint density at radius 3 is 2.06 bits per heavy atom. The van der Waals surface area contributed by atoms with Crippen molar-refractivity contribution in [3.8, 4) is 0 Å². The number of hydrogen-bond donors (Lipinski definition) is 3. The monoisotopic (exact) mass is 490 g/mol. The zero-order valence-corrected chi connectivity index (χ0v) is 18.6. The molecule has 0 atom stereocenters. The van der Waals surface area contributed by atoms with Crippen molar-refractivity contribution >= 4 is 34.8 Å². The van der Waals surface area contributed by atoms with E-state index in [-0.39, 0.29) is 11.8 Å². The van der Waals surface area contributed by atoms with Crippen molar-refractivity contribution < 1.29 is 32.7 Å². The third-order valence-corrected chi connectivity index (χ3v) is 6.03. The molecular weight excluding hydrogens is 469 g/mol. The van der Waals surface area contributed by atoms with E-state index in [4.69, 9.17) is 9.90 Å². The lowest BCUT2D eigenvalue weighted by atomic mass is 9.94. The summed E-state index contributed by atoms with van der Waals surface area (Å²) in [5.74, 6) is -2.80. The van der Waals surface area contributed by atoms with E-state index in [0.717, 1.165) is 29.7 Å². The van der Waals surface area contributed by atoms with E-state index >= 15 is 0 Å². The predicted molar refractivity (Wildman–Crippen MR) is 122 cm³/mol. The number of halogens is 3. The van der Waals surface area contributed by atoms with Crippen molar-refractivity contribution in [3.05, 3.63) is 88.1 Å². The van der Waals surface area contributed by atoms with Crippen LogP contribution in [0.4, 0.5) is 18.9 Å². The molecule has 0 spiro atoms. The molecule has 3 aromatic rings. The highest BCUT2D eigenvalue weighted by atomic mass is 32.1. The van der Waals surface area contributed by atoms with Crippen LogP contribution < -0.4 is 10.6 Å². The molecule has 1 saturated carbocycles. The van der Waals surface area contributed by atoms with Crippen LogP contribution in [0.2, 0.25) is 0 Å². The lowest BCUT2D eigenvalue weighted by Gasteiger charge is -2.16. The van der Waals surface area contributed by atoms with Crippen molar-refractivity contribution in [2.24, 2.45) is 0 Å². The first-order valence-electron chi connectivity index (χ1n) is 10.2. The number of hydrogen-bond acceptors (Lipinski definition) is 4. The summed E-state index contributed by atoms with van der Waals surface area (Å²) in [5, 5.41) is 15.0. The first-order chi connectivity index (χ1) is 16.1. The Morgan fingerprint density at radius 1 is 0.941 bits per heavy atom. The minimum absolute atomic E-state index is 0.0710. The molecule has 0 radical (unpaired) electrons. The Balaban J connectivity index is 0.000000406. The number of rotatable bonds is 6. The van der Waals surface area contributed by atoms with Crippen molar-refractivity contribution in [2.75, 3.05) is 5.32 Å². The summed E-state index contributed by atoms with van der Waals surface area (Å²) in [5.41, 5.74) is 2.40. The number of carboxylic acids is 1. The minimum Gasteiger partial charge on any atom is -0.475 e. The molecule has 1 aromatic heterocycles. The summed E-state index contributed by atoms with van der Waals surface area (Å²) in [6.45, 7) is 0.538. The van der Waals surface area contributed by atoms with Gasteiger partial charge in [-0.2, -0.15) is 13.2 Å². The van der Waals surface area contributed by atoms with Crippen LogP contribution in [0, 0.1) is 0 Å². The topological polar surface area (TPSA) is 95.5 Å². The highest BCUT2D eigenvalue weighted by molar-refractivity contribution is 7.12. The second-order valence-corrected chi connectivity index (χ2v) is 8.51. The molecule has 10 heteroatoms. The van der Waals surface area contributed by atoms with Crippen molar-refractivity contribution in [1.29, 1.82) is 0 Å². The summed E-state index contributed by atoms with van der Waals surface area (Å²) in [4.78, 5) is 34.4. The van der Waals surface area contributed by atoms with Crippen LogP contribution in [0.25, 0.3) is 0 Å². The van der Waals surface area contributed by atoms with Crippen LogP contribution in [0.15, 0.2) is 72.1 Å². The summed E-state index contributed by atoms with van der Waals surface area (Å²) in [6, 6.07) is 21.2. The van der Waals surface area contributed by atoms with E-state index < -0.39 is 17.6 Å². The Hall–Kier alpha value is -3.66. The molecule has 1 aliphatic carbocycles. The molecule has 3 N–H and O–H groups in total. The normalized spacial score (nSPS) is 13.7. The predicted octanol–water partition coefficient (Wildman–Crippen LogP) is 4.98. The van der Waals surface area contributed by atoms with Crippen molar-refractivity contribution in [1.82, 2.24) is 5.32 Å². The molecule has 34 heavy (non-hydrogen) atoms. The SMILES string of the molecule is O=C(Nc1ccc(C2(C(=O)NCc3ccccc3)CC2)cc1)c1cccs1.O=C(O)C(F)(F)F. The standard InChI is InChI=1S/C22H20N2O2S.C2HF3O2/c25-20(19-7-4-14-27-19)24-18-10-8-17(9-11-18)22(12-13-22)21(26)23-15-16-5-2-1-3-6-16;3-2(4,5)1(6)7/h1-11,14H,12-13,15H2,(H,23,26)(H,24,25);(H,6,7). The number of aliphatic carboxylic acids is 1. The van der Waals surface area contributed by atoms with Gasteiger partial charge in [-0.3, -0.25) is 9.59 Å². The fourth-order valence-corrected chi connectivity index (χ4v) is 3.81. The molecule has 1 heterocycles. The fourth-order valence-electron chi connectivity index (χ4n) is 3.19. The van der Waals surface area contributed by atoms with Gasteiger partial charge in [0, 0.05) is 12.2 Å². The lowest BCUT2D eigenvalue weighted by Crippen LogP contribution is -2.34. The lowest BCUT2D eigenvalue weighted by molar-refractivity contribution is -0.192. The smallest absolute Gasteiger partial charge is 0.475 e. The number of nitrogens with one attached hydrogen (secondary N) is 2. The number of thiophene rings is 1. The Morgan fingerprint density at radius 2 is 1.56 bits per heavy atom. The van der Waals surface area contributed by atoms with Gasteiger partial charge in [-0.1, -0.05) is 48.5 Å². The molecule has 0 bridgehead atoms. The highest BCUT2D eigenvalue weighted by Crippen LogP contribution is 2.48. The molecule has 6 nitrogen and oxygen atoms in total. The van der Waals surface area contributed by atoms with Gasteiger partial charge < -0.3 is 15.7 Å². The zero-order chi connectivity index (χ0) is 24.8. The maximum Gasteiger partial charge on any atom is 0.490 e. The van der Waals surface area contributed by atoms with Gasteiger partial charge >= 0.3 is 12.1 Å². The highest BCUT2D eigenvalue weighted by Gasteiger charge is 2.51. The van der Waals surface area contributed by atoms with Crippen molar-refractivity contribution in [3.63, 3.8) is 0 Å². The molecule has 0 unspecified atom stereocenters. The van der Waals surface area contributed by atoms with Gasteiger partial charge in [-0.15, -0.1) is 11.3 Å². The first-order valence-corrected chi connectivity index (χ1v) is 11.1. The number of carbonyl (C=O) groups excluding carboxylic acids is 2. The molecule has 4 rings (SSSR count). The van der Waals surface area contributed by atoms with Crippen LogP contribution in [0.5, 0.6) is 0 Å². The molecule has 2 aromatic carbocycles. The van der Waals surface area contributed by atoms with E-state index in [1.165, 1.54) is 11.3 Å². The van der Waals surface area contributed by atoms with Gasteiger partial charge in [0.05, 0.1) is 10.3 Å². The third-order valence-electron chi connectivity index (χ3n) is 5.16. The van der Waals surface area contributed by atoms with Gasteiger partial charge in [0.25, 0.3) is 5.91 Å². The summed E-state index contributed by atoms with van der Waals surface area (Å²) < 4.78 is 31.7. The quantitative estimate of drug-likeness (QED) is 0.454. The average molecular weight is 491 g/mol. The number of alkyl halides is 3. The largest absolute Gasteiger partial charge is 0.490 e.